The highest BCUT2D eigenvalue weighted by molar-refractivity contribution is 6.35. The molecule has 33 heavy (non-hydrogen) atoms. The van der Waals surface area contributed by atoms with E-state index in [9.17, 15) is 9.59 Å². The summed E-state index contributed by atoms with van der Waals surface area (Å²) in [6.07, 6.45) is 3.27. The van der Waals surface area contributed by atoms with E-state index in [-0.39, 0.29) is 54.4 Å². The first-order chi connectivity index (χ1) is 15.2. The molecule has 2 saturated heterocycles. The molecule has 0 saturated carbocycles. The number of carbonyl (C=O) groups is 2. The number of nitrogens with one attached hydrogen (secondary N) is 3. The predicted molar refractivity (Wildman–Crippen MR) is 128 cm³/mol. The van der Waals surface area contributed by atoms with E-state index in [1.807, 2.05) is 13.8 Å². The Hall–Kier alpha value is -2.62. The van der Waals surface area contributed by atoms with Crippen LogP contribution in [-0.4, -0.2) is 51.2 Å². The lowest BCUT2D eigenvalue weighted by Gasteiger charge is -2.45. The van der Waals surface area contributed by atoms with E-state index in [2.05, 4.69) is 15.7 Å². The fourth-order valence-electron chi connectivity index (χ4n) is 4.41. The number of halogens is 2. The number of hydrogen-bond acceptors (Lipinski definition) is 5. The van der Waals surface area contributed by atoms with E-state index >= 15 is 0 Å². The van der Waals surface area contributed by atoms with Crippen LogP contribution in [0.4, 0.5) is 5.69 Å². The Kier molecular flexibility index (Phi) is 7.36. The Labute approximate surface area is 203 Å². The molecule has 2 aromatic rings. The number of amides is 2. The maximum absolute atomic E-state index is 13.1. The molecule has 1 aromatic carbocycles. The van der Waals surface area contributed by atoms with E-state index in [1.165, 1.54) is 0 Å². The Morgan fingerprint density at radius 2 is 2.15 bits per heavy atom. The first-order valence-corrected chi connectivity index (χ1v) is 11.0. The molecule has 1 aromatic heterocycles. The molecule has 0 aliphatic carbocycles. The topological polar surface area (TPSA) is 112 Å². The minimum absolute atomic E-state index is 0. The molecule has 3 N–H and O–H groups in total. The van der Waals surface area contributed by atoms with Gasteiger partial charge in [0.05, 0.1) is 28.8 Å². The predicted octanol–water partition coefficient (Wildman–Crippen LogP) is 3.29. The van der Waals surface area contributed by atoms with Crippen molar-refractivity contribution in [2.24, 2.45) is 7.05 Å². The molecule has 2 amide bonds. The van der Waals surface area contributed by atoms with Crippen molar-refractivity contribution in [3.05, 3.63) is 46.7 Å². The molecule has 3 atom stereocenters. The number of aromatic nitrogens is 2. The fourth-order valence-corrected chi connectivity index (χ4v) is 4.79. The summed E-state index contributed by atoms with van der Waals surface area (Å²) in [5.74, 6) is -0.453. The normalized spacial score (nSPS) is 25.3. The first-order valence-electron chi connectivity index (χ1n) is 10.6. The summed E-state index contributed by atoms with van der Waals surface area (Å²) in [5.41, 5.74) is 0.442. The van der Waals surface area contributed by atoms with Crippen molar-refractivity contribution in [1.29, 1.82) is 5.41 Å². The molecular formula is C22H28Cl2N6O3. The van der Waals surface area contributed by atoms with Crippen LogP contribution in [0.25, 0.3) is 0 Å². The van der Waals surface area contributed by atoms with Gasteiger partial charge in [0.25, 0.3) is 5.91 Å². The molecule has 0 radical (unpaired) electrons. The van der Waals surface area contributed by atoms with Crippen LogP contribution in [0.1, 0.15) is 49.2 Å². The van der Waals surface area contributed by atoms with Crippen molar-refractivity contribution in [2.45, 2.75) is 50.8 Å². The van der Waals surface area contributed by atoms with E-state index in [1.54, 1.807) is 47.1 Å². The maximum Gasteiger partial charge on any atom is 0.276 e. The van der Waals surface area contributed by atoms with Crippen LogP contribution in [0.3, 0.4) is 0 Å². The van der Waals surface area contributed by atoms with E-state index in [0.717, 1.165) is 0 Å². The number of carbonyl (C=O) groups excluding carboxylic acids is 2. The maximum atomic E-state index is 13.1. The van der Waals surface area contributed by atoms with Gasteiger partial charge in [0, 0.05) is 25.9 Å². The summed E-state index contributed by atoms with van der Waals surface area (Å²) in [4.78, 5) is 27.2. The lowest BCUT2D eigenvalue weighted by Crippen LogP contribution is -2.63. The highest BCUT2D eigenvalue weighted by atomic mass is 35.5. The highest BCUT2D eigenvalue weighted by Crippen LogP contribution is 2.38. The third-order valence-electron chi connectivity index (χ3n) is 6.02. The Morgan fingerprint density at radius 1 is 1.39 bits per heavy atom. The largest absolute Gasteiger partial charge is 0.378 e. The summed E-state index contributed by atoms with van der Waals surface area (Å²) >= 11 is 6.68. The highest BCUT2D eigenvalue weighted by Gasteiger charge is 2.43. The monoisotopic (exact) mass is 494 g/mol. The molecule has 0 unspecified atom stereocenters. The van der Waals surface area contributed by atoms with Crippen LogP contribution in [0.5, 0.6) is 0 Å². The Morgan fingerprint density at radius 3 is 2.79 bits per heavy atom. The molecule has 3 heterocycles. The second-order valence-electron chi connectivity index (χ2n) is 8.60. The average molecular weight is 495 g/mol. The van der Waals surface area contributed by atoms with Gasteiger partial charge in [-0.25, -0.2) is 0 Å². The third kappa shape index (κ3) is 5.00. The molecule has 9 nitrogen and oxygen atoms in total. The number of guanidine groups is 1. The minimum Gasteiger partial charge on any atom is -0.378 e. The summed E-state index contributed by atoms with van der Waals surface area (Å²) in [7, 11) is 1.73. The van der Waals surface area contributed by atoms with Gasteiger partial charge < -0.3 is 15.4 Å². The SMILES string of the molecule is C[C@@H]1C[C@H](N2C(=N)N[C@](C)(c3cccc(NC(=O)c4ccn(C)n4)c3Cl)CC2=O)CCO1.Cl. The van der Waals surface area contributed by atoms with Gasteiger partial charge in [-0.05, 0) is 44.4 Å². The molecule has 2 aliphatic rings. The molecule has 4 rings (SSSR count). The van der Waals surface area contributed by atoms with E-state index < -0.39 is 5.54 Å². The number of benzene rings is 1. The summed E-state index contributed by atoms with van der Waals surface area (Å²) in [6.45, 7) is 4.39. The second kappa shape index (κ2) is 9.70. The van der Waals surface area contributed by atoms with Gasteiger partial charge in [-0.2, -0.15) is 5.10 Å². The van der Waals surface area contributed by atoms with Crippen LogP contribution in [0.15, 0.2) is 30.5 Å². The number of ether oxygens (including phenoxy) is 1. The van der Waals surface area contributed by atoms with E-state index in [0.29, 0.717) is 35.7 Å². The van der Waals surface area contributed by atoms with Gasteiger partial charge >= 0.3 is 0 Å². The third-order valence-corrected chi connectivity index (χ3v) is 6.43. The lowest BCUT2D eigenvalue weighted by atomic mass is 9.85. The van der Waals surface area contributed by atoms with Crippen molar-refractivity contribution in [3.63, 3.8) is 0 Å². The number of hydrogen-bond donors (Lipinski definition) is 3. The number of anilines is 1. The van der Waals surface area contributed by atoms with Gasteiger partial charge in [0.2, 0.25) is 5.91 Å². The van der Waals surface area contributed by atoms with Crippen molar-refractivity contribution in [2.75, 3.05) is 11.9 Å². The van der Waals surface area contributed by atoms with Crippen molar-refractivity contribution >= 4 is 47.5 Å². The summed E-state index contributed by atoms with van der Waals surface area (Å²) in [6, 6.07) is 6.82. The molecule has 178 valence electrons. The molecule has 11 heteroatoms. The summed E-state index contributed by atoms with van der Waals surface area (Å²) < 4.78 is 7.13. The Balaban J connectivity index is 0.00000306. The van der Waals surface area contributed by atoms with Crippen LogP contribution < -0.4 is 10.6 Å². The van der Waals surface area contributed by atoms with Crippen LogP contribution in [0.2, 0.25) is 5.02 Å². The van der Waals surface area contributed by atoms with Crippen molar-refractivity contribution in [3.8, 4) is 0 Å². The van der Waals surface area contributed by atoms with Crippen LogP contribution in [-0.2, 0) is 22.1 Å². The fraction of sp³-hybridized carbons (Fsp3) is 0.455. The molecule has 2 aliphatic heterocycles. The van der Waals surface area contributed by atoms with Crippen LogP contribution >= 0.6 is 24.0 Å². The van der Waals surface area contributed by atoms with Gasteiger partial charge in [-0.1, -0.05) is 23.7 Å². The standard InChI is InChI=1S/C22H27ClN6O3.ClH/c1-13-11-14(8-10-32-13)29-18(30)12-22(2,26-21(29)24)15-5-4-6-16(19(15)23)25-20(31)17-7-9-28(3)27-17;/h4-7,9,13-14H,8,10-12H2,1-3H3,(H2,24,26)(H,25,31);1H/t13-,14-,22+;/m1./s1. The van der Waals surface area contributed by atoms with Gasteiger partial charge in [0.15, 0.2) is 11.7 Å². The van der Waals surface area contributed by atoms with Gasteiger partial charge in [-0.15, -0.1) is 12.4 Å². The zero-order valence-corrected chi connectivity index (χ0v) is 20.3. The molecular weight excluding hydrogens is 467 g/mol. The van der Waals surface area contributed by atoms with E-state index in [4.69, 9.17) is 21.7 Å². The number of nitrogens with zero attached hydrogens (tertiary/aromatic N) is 3. The molecule has 2 fully saturated rings. The van der Waals surface area contributed by atoms with Crippen LogP contribution in [0, 0.1) is 5.41 Å². The second-order valence-corrected chi connectivity index (χ2v) is 8.98. The lowest BCUT2D eigenvalue weighted by molar-refractivity contribution is -0.134. The average Bonchev–Trinajstić information content (AvgIpc) is 3.15. The smallest absolute Gasteiger partial charge is 0.276 e. The quantitative estimate of drug-likeness (QED) is 0.603. The minimum atomic E-state index is -0.885. The van der Waals surface area contributed by atoms with Gasteiger partial charge in [0.1, 0.15) is 0 Å². The molecule has 0 spiro atoms. The molecule has 0 bridgehead atoms. The summed E-state index contributed by atoms with van der Waals surface area (Å²) in [5, 5.41) is 19.0. The van der Waals surface area contributed by atoms with Crippen molar-refractivity contribution in [1.82, 2.24) is 20.0 Å². The Bertz CT molecular complexity index is 1050. The number of aryl methyl sites for hydroxylation is 1. The van der Waals surface area contributed by atoms with Gasteiger partial charge in [-0.3, -0.25) is 24.6 Å². The zero-order valence-electron chi connectivity index (χ0n) is 18.7. The first kappa shape index (κ1) is 25.0. The van der Waals surface area contributed by atoms with Crippen molar-refractivity contribution < 1.29 is 14.3 Å². The number of rotatable bonds is 4. The zero-order chi connectivity index (χ0) is 23.0.